The molecule has 0 fully saturated rings. The SMILES string of the molecule is COc1ccc(C(=O)O)cc1S(=O)(=O)N(C)c1ccccc1Oc1ccccc1. The molecule has 0 atom stereocenters. The summed E-state index contributed by atoms with van der Waals surface area (Å²) in [5.74, 6) is -0.308. The number of methoxy groups -OCH3 is 1. The Labute approximate surface area is 168 Å². The highest BCUT2D eigenvalue weighted by Gasteiger charge is 2.28. The van der Waals surface area contributed by atoms with Crippen molar-refractivity contribution in [2.45, 2.75) is 4.90 Å². The molecule has 3 aromatic rings. The van der Waals surface area contributed by atoms with E-state index >= 15 is 0 Å². The number of aromatic carboxylic acids is 1. The van der Waals surface area contributed by atoms with Gasteiger partial charge in [0.2, 0.25) is 0 Å². The molecular weight excluding hydrogens is 394 g/mol. The zero-order chi connectivity index (χ0) is 21.0. The largest absolute Gasteiger partial charge is 0.495 e. The summed E-state index contributed by atoms with van der Waals surface area (Å²) in [6.07, 6.45) is 0. The Bertz CT molecular complexity index is 1130. The Morgan fingerprint density at radius 2 is 1.59 bits per heavy atom. The van der Waals surface area contributed by atoms with Gasteiger partial charge in [0.15, 0.2) is 5.75 Å². The molecule has 0 radical (unpaired) electrons. The summed E-state index contributed by atoms with van der Waals surface area (Å²) in [4.78, 5) is 11.1. The third kappa shape index (κ3) is 4.17. The van der Waals surface area contributed by atoms with Crippen molar-refractivity contribution in [1.29, 1.82) is 0 Å². The van der Waals surface area contributed by atoms with Gasteiger partial charge in [0.1, 0.15) is 16.4 Å². The molecule has 0 aliphatic carbocycles. The van der Waals surface area contributed by atoms with Crippen molar-refractivity contribution in [3.8, 4) is 17.2 Å². The zero-order valence-electron chi connectivity index (χ0n) is 15.8. The number of anilines is 1. The van der Waals surface area contributed by atoms with Gasteiger partial charge >= 0.3 is 5.97 Å². The summed E-state index contributed by atoms with van der Waals surface area (Å²) in [6.45, 7) is 0. The van der Waals surface area contributed by atoms with Crippen LogP contribution in [0.4, 0.5) is 5.69 Å². The lowest BCUT2D eigenvalue weighted by molar-refractivity contribution is 0.0696. The number of sulfonamides is 1. The van der Waals surface area contributed by atoms with Crippen LogP contribution in [-0.4, -0.2) is 33.7 Å². The van der Waals surface area contributed by atoms with Gasteiger partial charge in [0, 0.05) is 7.05 Å². The van der Waals surface area contributed by atoms with E-state index in [1.807, 2.05) is 6.07 Å². The number of ether oxygens (including phenoxy) is 2. The summed E-state index contributed by atoms with van der Waals surface area (Å²) in [6, 6.07) is 19.3. The molecule has 1 N–H and O–H groups in total. The third-order valence-corrected chi connectivity index (χ3v) is 6.02. The molecule has 150 valence electrons. The van der Waals surface area contributed by atoms with Gasteiger partial charge in [-0.25, -0.2) is 13.2 Å². The number of carbonyl (C=O) groups is 1. The molecule has 0 amide bonds. The van der Waals surface area contributed by atoms with Gasteiger partial charge in [-0.2, -0.15) is 0 Å². The predicted octanol–water partition coefficient (Wildman–Crippen LogP) is 4.01. The highest BCUT2D eigenvalue weighted by Crippen LogP contribution is 2.36. The lowest BCUT2D eigenvalue weighted by atomic mass is 10.2. The van der Waals surface area contributed by atoms with Gasteiger partial charge in [-0.15, -0.1) is 0 Å². The fraction of sp³-hybridized carbons (Fsp3) is 0.0952. The maximum Gasteiger partial charge on any atom is 0.335 e. The van der Waals surface area contributed by atoms with Crippen molar-refractivity contribution >= 4 is 21.7 Å². The van der Waals surface area contributed by atoms with Crippen LogP contribution in [0.3, 0.4) is 0 Å². The highest BCUT2D eigenvalue weighted by molar-refractivity contribution is 7.93. The van der Waals surface area contributed by atoms with Crippen molar-refractivity contribution in [1.82, 2.24) is 0 Å². The first-order chi connectivity index (χ1) is 13.8. The number of rotatable bonds is 7. The second-order valence-corrected chi connectivity index (χ2v) is 7.96. The first-order valence-corrected chi connectivity index (χ1v) is 10.0. The molecule has 0 unspecified atom stereocenters. The molecule has 0 saturated heterocycles. The van der Waals surface area contributed by atoms with Gasteiger partial charge in [-0.05, 0) is 42.5 Å². The number of para-hydroxylation sites is 3. The van der Waals surface area contributed by atoms with E-state index in [0.717, 1.165) is 10.4 Å². The van der Waals surface area contributed by atoms with Crippen LogP contribution in [0.25, 0.3) is 0 Å². The molecule has 0 saturated carbocycles. The van der Waals surface area contributed by atoms with Gasteiger partial charge in [-0.3, -0.25) is 4.31 Å². The summed E-state index contributed by atoms with van der Waals surface area (Å²) < 4.78 is 38.6. The molecule has 7 nitrogen and oxygen atoms in total. The van der Waals surface area contributed by atoms with Gasteiger partial charge < -0.3 is 14.6 Å². The second-order valence-electron chi connectivity index (χ2n) is 6.03. The summed E-state index contributed by atoms with van der Waals surface area (Å²) in [5, 5.41) is 9.23. The van der Waals surface area contributed by atoms with E-state index in [1.165, 1.54) is 26.3 Å². The van der Waals surface area contributed by atoms with Crippen LogP contribution in [0.15, 0.2) is 77.7 Å². The van der Waals surface area contributed by atoms with Gasteiger partial charge in [0.05, 0.1) is 18.4 Å². The fourth-order valence-corrected chi connectivity index (χ4v) is 4.09. The maximum absolute atomic E-state index is 13.3. The van der Waals surface area contributed by atoms with Crippen molar-refractivity contribution in [3.05, 3.63) is 78.4 Å². The number of benzene rings is 3. The smallest absolute Gasteiger partial charge is 0.335 e. The van der Waals surface area contributed by atoms with E-state index in [9.17, 15) is 18.3 Å². The molecule has 0 bridgehead atoms. The van der Waals surface area contributed by atoms with Crippen molar-refractivity contribution in [2.24, 2.45) is 0 Å². The molecular formula is C21H19NO6S. The molecule has 0 aliphatic heterocycles. The average Bonchev–Trinajstić information content (AvgIpc) is 2.73. The van der Waals surface area contributed by atoms with Crippen molar-refractivity contribution in [3.63, 3.8) is 0 Å². The van der Waals surface area contributed by atoms with Crippen molar-refractivity contribution < 1.29 is 27.8 Å². The Morgan fingerprint density at radius 1 is 0.931 bits per heavy atom. The Morgan fingerprint density at radius 3 is 2.24 bits per heavy atom. The lowest BCUT2D eigenvalue weighted by Crippen LogP contribution is -2.27. The standard InChI is InChI=1S/C21H19NO6S/c1-22(17-10-6-7-11-18(17)28-16-8-4-3-5-9-16)29(25,26)20-14-15(21(23)24)12-13-19(20)27-2/h3-14H,1-2H3,(H,23,24). The minimum Gasteiger partial charge on any atom is -0.495 e. The molecule has 0 spiro atoms. The second kappa shape index (κ2) is 8.24. The minimum absolute atomic E-state index is 0.0447. The van der Waals surface area contributed by atoms with E-state index in [2.05, 4.69) is 0 Å². The van der Waals surface area contributed by atoms with E-state index < -0.39 is 16.0 Å². The van der Waals surface area contributed by atoms with Crippen LogP contribution < -0.4 is 13.8 Å². The molecule has 0 aromatic heterocycles. The maximum atomic E-state index is 13.3. The quantitative estimate of drug-likeness (QED) is 0.629. The minimum atomic E-state index is -4.14. The first-order valence-electron chi connectivity index (χ1n) is 8.57. The average molecular weight is 413 g/mol. The van der Waals surface area contributed by atoms with Crippen LogP contribution >= 0.6 is 0 Å². The Hall–Kier alpha value is -3.52. The summed E-state index contributed by atoms with van der Waals surface area (Å²) in [7, 11) is -1.45. The van der Waals surface area contributed by atoms with E-state index in [-0.39, 0.29) is 16.2 Å². The predicted molar refractivity (Wildman–Crippen MR) is 109 cm³/mol. The number of carboxylic acid groups (broad SMARTS) is 1. The van der Waals surface area contributed by atoms with Crippen molar-refractivity contribution in [2.75, 3.05) is 18.5 Å². The van der Waals surface area contributed by atoms with Crippen LogP contribution in [-0.2, 0) is 10.0 Å². The molecule has 29 heavy (non-hydrogen) atoms. The zero-order valence-corrected chi connectivity index (χ0v) is 16.6. The van der Waals surface area contributed by atoms with Crippen LogP contribution in [0.1, 0.15) is 10.4 Å². The molecule has 0 aliphatic rings. The number of nitrogens with zero attached hydrogens (tertiary/aromatic N) is 1. The first kappa shape index (κ1) is 20.2. The van der Waals surface area contributed by atoms with Gasteiger partial charge in [0.25, 0.3) is 10.0 Å². The lowest BCUT2D eigenvalue weighted by Gasteiger charge is -2.23. The van der Waals surface area contributed by atoms with E-state index in [0.29, 0.717) is 17.2 Å². The number of hydrogen-bond donors (Lipinski definition) is 1. The Kier molecular flexibility index (Phi) is 5.74. The molecule has 0 heterocycles. The normalized spacial score (nSPS) is 11.0. The molecule has 8 heteroatoms. The summed E-state index contributed by atoms with van der Waals surface area (Å²) >= 11 is 0. The van der Waals surface area contributed by atoms with Gasteiger partial charge in [-0.1, -0.05) is 30.3 Å². The molecule has 3 aromatic carbocycles. The van der Waals surface area contributed by atoms with Crippen LogP contribution in [0.2, 0.25) is 0 Å². The summed E-state index contributed by atoms with van der Waals surface area (Å²) in [5.41, 5.74) is 0.130. The monoisotopic (exact) mass is 413 g/mol. The number of carboxylic acids is 1. The fourth-order valence-electron chi connectivity index (χ4n) is 2.71. The van der Waals surface area contributed by atoms with E-state index in [4.69, 9.17) is 9.47 Å². The highest BCUT2D eigenvalue weighted by atomic mass is 32.2. The Balaban J connectivity index is 2.06. The topological polar surface area (TPSA) is 93.1 Å². The van der Waals surface area contributed by atoms with Crippen LogP contribution in [0.5, 0.6) is 17.2 Å². The van der Waals surface area contributed by atoms with E-state index in [1.54, 1.807) is 48.5 Å². The molecule has 3 rings (SSSR count). The number of hydrogen-bond acceptors (Lipinski definition) is 5. The third-order valence-electron chi connectivity index (χ3n) is 4.22. The van der Waals surface area contributed by atoms with Crippen LogP contribution in [0, 0.1) is 0 Å².